The van der Waals surface area contributed by atoms with Crippen LogP contribution in [0.3, 0.4) is 0 Å². The molecule has 2 N–H and O–H groups in total. The smallest absolute Gasteiger partial charge is 0.414 e. The van der Waals surface area contributed by atoms with E-state index in [4.69, 9.17) is 19.8 Å². The number of carbonyl (C=O) groups excluding carboxylic acids is 2. The largest absolute Gasteiger partial charge is 0.473 e. The standard InChI is InChI=1S/C22H24FN5O2S.C2H2O4/c23-16-13-17-14-20(29)27(22(30)28(17)15-16)8-4-3-7-25-9-11-26(12-10-25)21-18-5-1-2-6-19(18)31-24-21;3-1(4)2(5)6/h1-2,5-6,13,15H,3-4,7-12,14H2;(H,3,4)(H,5,6). The summed E-state index contributed by atoms with van der Waals surface area (Å²) in [5.41, 5.74) is 0.425. The Morgan fingerprint density at radius 2 is 1.68 bits per heavy atom. The van der Waals surface area contributed by atoms with Gasteiger partial charge in [0.1, 0.15) is 11.6 Å². The van der Waals surface area contributed by atoms with Gasteiger partial charge in [-0.05, 0) is 49.1 Å². The fourth-order valence-electron chi connectivity index (χ4n) is 4.38. The first-order valence-corrected chi connectivity index (χ1v) is 12.5. The van der Waals surface area contributed by atoms with Crippen LogP contribution in [0.4, 0.5) is 15.0 Å². The van der Waals surface area contributed by atoms with E-state index in [0.717, 1.165) is 57.6 Å². The summed E-state index contributed by atoms with van der Waals surface area (Å²) in [7, 11) is 0. The highest BCUT2D eigenvalue weighted by molar-refractivity contribution is 7.13. The number of rotatable bonds is 6. The first kappa shape index (κ1) is 26.2. The van der Waals surface area contributed by atoms with Gasteiger partial charge in [-0.15, -0.1) is 0 Å². The lowest BCUT2D eigenvalue weighted by Gasteiger charge is -2.35. The van der Waals surface area contributed by atoms with Gasteiger partial charge in [-0.3, -0.25) is 19.2 Å². The molecule has 2 aromatic heterocycles. The minimum Gasteiger partial charge on any atom is -0.473 e. The van der Waals surface area contributed by atoms with Crippen molar-refractivity contribution in [3.8, 4) is 0 Å². The summed E-state index contributed by atoms with van der Waals surface area (Å²) in [6.45, 7) is 5.14. The molecule has 37 heavy (non-hydrogen) atoms. The molecule has 13 heteroatoms. The van der Waals surface area contributed by atoms with E-state index >= 15 is 0 Å². The maximum atomic E-state index is 13.4. The highest BCUT2D eigenvalue weighted by atomic mass is 32.1. The molecule has 1 saturated heterocycles. The molecule has 0 saturated carbocycles. The average Bonchev–Trinajstić information content (AvgIpc) is 3.47. The van der Waals surface area contributed by atoms with Crippen LogP contribution in [0.1, 0.15) is 18.5 Å². The van der Waals surface area contributed by atoms with Crippen molar-refractivity contribution in [1.29, 1.82) is 0 Å². The van der Waals surface area contributed by atoms with E-state index in [1.54, 1.807) is 11.5 Å². The Kier molecular flexibility index (Phi) is 8.14. The number of carbonyl (C=O) groups is 4. The molecule has 1 fully saturated rings. The number of nitrogens with zero attached hydrogens (tertiary/aromatic N) is 5. The van der Waals surface area contributed by atoms with Crippen LogP contribution < -0.4 is 4.90 Å². The van der Waals surface area contributed by atoms with Crippen LogP contribution in [-0.4, -0.2) is 92.1 Å². The molecule has 3 aromatic rings. The van der Waals surface area contributed by atoms with Crippen LogP contribution in [-0.2, 0) is 20.8 Å². The van der Waals surface area contributed by atoms with Gasteiger partial charge in [-0.2, -0.15) is 4.37 Å². The lowest BCUT2D eigenvalue weighted by atomic mass is 10.2. The van der Waals surface area contributed by atoms with Crippen LogP contribution in [0.15, 0.2) is 36.5 Å². The van der Waals surface area contributed by atoms with Crippen LogP contribution in [0, 0.1) is 5.82 Å². The van der Waals surface area contributed by atoms with Crippen LogP contribution in [0.2, 0.25) is 0 Å². The number of anilines is 1. The van der Waals surface area contributed by atoms with Crippen LogP contribution in [0.25, 0.3) is 10.1 Å². The first-order chi connectivity index (χ1) is 17.7. The number of hydrogen-bond acceptors (Lipinski definition) is 8. The Bertz CT molecular complexity index is 1300. The van der Waals surface area contributed by atoms with Crippen molar-refractivity contribution in [3.63, 3.8) is 0 Å². The maximum Gasteiger partial charge on any atom is 0.414 e. The SMILES string of the molecule is O=C(O)C(=O)O.O=C1Cc2cc(F)cn2C(=O)N1CCCCN1CCN(c2nsc3ccccc23)CC1. The number of hydrogen-bond donors (Lipinski definition) is 2. The molecule has 0 atom stereocenters. The molecule has 11 nitrogen and oxygen atoms in total. The van der Waals surface area contributed by atoms with E-state index in [2.05, 4.69) is 32.4 Å². The molecule has 0 radical (unpaired) electrons. The number of aliphatic carboxylic acids is 2. The third-order valence-electron chi connectivity index (χ3n) is 6.26. The van der Waals surface area contributed by atoms with E-state index in [-0.39, 0.29) is 12.3 Å². The van der Waals surface area contributed by atoms with Crippen molar-refractivity contribution in [3.05, 3.63) is 48.0 Å². The first-order valence-electron chi connectivity index (χ1n) is 11.7. The molecule has 196 valence electrons. The Morgan fingerprint density at radius 1 is 1.00 bits per heavy atom. The van der Waals surface area contributed by atoms with E-state index in [1.807, 2.05) is 6.07 Å². The van der Waals surface area contributed by atoms with Gasteiger partial charge >= 0.3 is 18.0 Å². The van der Waals surface area contributed by atoms with Gasteiger partial charge in [0.05, 0.1) is 11.1 Å². The van der Waals surface area contributed by atoms with Gasteiger partial charge in [-0.1, -0.05) is 12.1 Å². The van der Waals surface area contributed by atoms with Crippen molar-refractivity contribution in [2.75, 3.05) is 44.2 Å². The third-order valence-corrected chi connectivity index (χ3v) is 7.07. The highest BCUT2D eigenvalue weighted by Crippen LogP contribution is 2.29. The van der Waals surface area contributed by atoms with Gasteiger partial charge in [0.2, 0.25) is 5.91 Å². The number of halogens is 1. The van der Waals surface area contributed by atoms with Gasteiger partial charge in [-0.25, -0.2) is 18.8 Å². The fraction of sp³-hybridized carbons (Fsp3) is 0.375. The fourth-order valence-corrected chi connectivity index (χ4v) is 5.18. The number of imide groups is 1. The van der Waals surface area contributed by atoms with E-state index in [9.17, 15) is 14.0 Å². The molecule has 0 bridgehead atoms. The second-order valence-electron chi connectivity index (χ2n) is 8.67. The zero-order valence-corrected chi connectivity index (χ0v) is 20.7. The van der Waals surface area contributed by atoms with Gasteiger partial charge in [0.15, 0.2) is 0 Å². The lowest BCUT2D eigenvalue weighted by Crippen LogP contribution is -2.47. The zero-order chi connectivity index (χ0) is 26.5. The zero-order valence-electron chi connectivity index (χ0n) is 19.9. The third kappa shape index (κ3) is 6.12. The predicted octanol–water partition coefficient (Wildman–Crippen LogP) is 2.35. The Balaban J connectivity index is 0.000000480. The normalized spacial score (nSPS) is 15.9. The minimum atomic E-state index is -1.82. The molecule has 5 rings (SSSR count). The van der Waals surface area contributed by atoms with Crippen LogP contribution >= 0.6 is 11.5 Å². The molecule has 2 aliphatic heterocycles. The number of unbranched alkanes of at least 4 members (excludes halogenated alkanes) is 1. The number of amides is 2. The summed E-state index contributed by atoms with van der Waals surface area (Å²) < 4.78 is 20.5. The Labute approximate surface area is 215 Å². The van der Waals surface area contributed by atoms with Crippen molar-refractivity contribution in [2.45, 2.75) is 19.3 Å². The maximum absolute atomic E-state index is 13.4. The van der Waals surface area contributed by atoms with Crippen molar-refractivity contribution < 1.29 is 33.8 Å². The molecular formula is C24H26FN5O6S. The second-order valence-corrected chi connectivity index (χ2v) is 9.48. The van der Waals surface area contributed by atoms with Gasteiger partial charge < -0.3 is 15.1 Å². The summed E-state index contributed by atoms with van der Waals surface area (Å²) in [5.74, 6) is -3.30. The summed E-state index contributed by atoms with van der Waals surface area (Å²) in [4.78, 5) is 48.9. The van der Waals surface area contributed by atoms with Crippen molar-refractivity contribution in [1.82, 2.24) is 18.7 Å². The number of carboxylic acids is 2. The molecule has 2 aliphatic rings. The Hall–Kier alpha value is -3.84. The van der Waals surface area contributed by atoms with E-state index < -0.39 is 23.8 Å². The summed E-state index contributed by atoms with van der Waals surface area (Å²) in [6, 6.07) is 9.15. The summed E-state index contributed by atoms with van der Waals surface area (Å²) in [5, 5.41) is 16.0. The molecule has 2 amide bonds. The summed E-state index contributed by atoms with van der Waals surface area (Å²) in [6.07, 6.45) is 2.88. The molecule has 0 aliphatic carbocycles. The number of benzene rings is 1. The molecular weight excluding hydrogens is 505 g/mol. The lowest BCUT2D eigenvalue weighted by molar-refractivity contribution is -0.159. The number of piperazine rings is 1. The number of carboxylic acid groups (broad SMARTS) is 2. The van der Waals surface area contributed by atoms with Crippen LogP contribution in [0.5, 0.6) is 0 Å². The minimum absolute atomic E-state index is 0.0723. The topological polar surface area (TPSA) is 136 Å². The van der Waals surface area contributed by atoms with E-state index in [0.29, 0.717) is 12.2 Å². The quantitative estimate of drug-likeness (QED) is 0.363. The number of aromatic nitrogens is 2. The number of fused-ring (bicyclic) bond motifs is 2. The van der Waals surface area contributed by atoms with Gasteiger partial charge in [0.25, 0.3) is 0 Å². The predicted molar refractivity (Wildman–Crippen MR) is 133 cm³/mol. The molecule has 1 aromatic carbocycles. The van der Waals surface area contributed by atoms with Crippen molar-refractivity contribution in [2.24, 2.45) is 0 Å². The highest BCUT2D eigenvalue weighted by Gasteiger charge is 2.31. The van der Waals surface area contributed by atoms with Crippen molar-refractivity contribution >= 4 is 51.3 Å². The van der Waals surface area contributed by atoms with Gasteiger partial charge in [0, 0.05) is 50.0 Å². The Morgan fingerprint density at radius 3 is 2.38 bits per heavy atom. The molecule has 0 unspecified atom stereocenters. The van der Waals surface area contributed by atoms with E-state index in [1.165, 1.54) is 25.6 Å². The average molecular weight is 532 g/mol. The molecule has 4 heterocycles. The summed E-state index contributed by atoms with van der Waals surface area (Å²) >= 11 is 1.55. The molecule has 0 spiro atoms. The second kappa shape index (κ2) is 11.5. The monoisotopic (exact) mass is 531 g/mol.